The van der Waals surface area contributed by atoms with Crippen LogP contribution in [0.5, 0.6) is 0 Å². The summed E-state index contributed by atoms with van der Waals surface area (Å²) in [7, 11) is 1.94. The summed E-state index contributed by atoms with van der Waals surface area (Å²) in [6.07, 6.45) is 0.719. The van der Waals surface area contributed by atoms with E-state index in [1.165, 1.54) is 11.1 Å². The van der Waals surface area contributed by atoms with Gasteiger partial charge in [0, 0.05) is 12.5 Å². The molecule has 1 N–H and O–H groups in total. The maximum Gasteiger partial charge on any atom is 0.231 e. The molecule has 0 aliphatic heterocycles. The van der Waals surface area contributed by atoms with E-state index in [-0.39, 0.29) is 5.92 Å². The van der Waals surface area contributed by atoms with Crippen LogP contribution in [0.4, 0.5) is 0 Å². The minimum atomic E-state index is 0.211. The van der Waals surface area contributed by atoms with Gasteiger partial charge in [-0.15, -0.1) is 0 Å². The standard InChI is InChI=1S/C15H21N3O/c1-10-7-5-6-8-13(10)9-14-17-15(19-18-14)11(2)12(3)16-4/h5-8,11-12,16H,9H2,1-4H3. The predicted molar refractivity (Wildman–Crippen MR) is 75.2 cm³/mol. The molecule has 1 aromatic heterocycles. The number of hydrogen-bond donors (Lipinski definition) is 1. The summed E-state index contributed by atoms with van der Waals surface area (Å²) in [6, 6.07) is 8.59. The number of aryl methyl sites for hydroxylation is 1. The van der Waals surface area contributed by atoms with E-state index in [1.807, 2.05) is 19.2 Å². The molecule has 2 aromatic rings. The molecule has 0 aliphatic carbocycles. The summed E-state index contributed by atoms with van der Waals surface area (Å²) in [5.74, 6) is 1.66. The van der Waals surface area contributed by atoms with Crippen molar-refractivity contribution < 1.29 is 4.52 Å². The lowest BCUT2D eigenvalue weighted by molar-refractivity contribution is 0.333. The SMILES string of the molecule is CNC(C)C(C)c1nc(Cc2ccccc2C)no1. The second-order valence-electron chi connectivity index (χ2n) is 5.02. The van der Waals surface area contributed by atoms with Crippen LogP contribution in [0.3, 0.4) is 0 Å². The lowest BCUT2D eigenvalue weighted by atomic mass is 10.0. The summed E-state index contributed by atoms with van der Waals surface area (Å²) in [5, 5.41) is 7.28. The van der Waals surface area contributed by atoms with Gasteiger partial charge >= 0.3 is 0 Å². The van der Waals surface area contributed by atoms with E-state index in [1.54, 1.807) is 0 Å². The Kier molecular flexibility index (Phi) is 4.32. The van der Waals surface area contributed by atoms with Gasteiger partial charge < -0.3 is 9.84 Å². The molecule has 2 atom stereocenters. The van der Waals surface area contributed by atoms with Crippen molar-refractivity contribution in [2.75, 3.05) is 7.05 Å². The third-order valence-corrected chi connectivity index (χ3v) is 3.69. The van der Waals surface area contributed by atoms with Gasteiger partial charge in [-0.2, -0.15) is 4.98 Å². The van der Waals surface area contributed by atoms with E-state index in [0.29, 0.717) is 11.9 Å². The molecule has 2 unspecified atom stereocenters. The maximum atomic E-state index is 5.36. The largest absolute Gasteiger partial charge is 0.339 e. The van der Waals surface area contributed by atoms with Crippen molar-refractivity contribution in [2.45, 2.75) is 39.2 Å². The minimum Gasteiger partial charge on any atom is -0.339 e. The van der Waals surface area contributed by atoms with Gasteiger partial charge in [0.15, 0.2) is 5.82 Å². The normalized spacial score (nSPS) is 14.3. The molecule has 4 nitrogen and oxygen atoms in total. The summed E-state index contributed by atoms with van der Waals surface area (Å²) >= 11 is 0. The van der Waals surface area contributed by atoms with Crippen LogP contribution in [0, 0.1) is 6.92 Å². The molecule has 19 heavy (non-hydrogen) atoms. The Morgan fingerprint density at radius 3 is 2.68 bits per heavy atom. The minimum absolute atomic E-state index is 0.211. The monoisotopic (exact) mass is 259 g/mol. The van der Waals surface area contributed by atoms with E-state index in [2.05, 4.69) is 48.4 Å². The number of rotatable bonds is 5. The molecule has 1 aromatic carbocycles. The van der Waals surface area contributed by atoms with Gasteiger partial charge in [0.2, 0.25) is 5.89 Å². The second kappa shape index (κ2) is 5.97. The zero-order chi connectivity index (χ0) is 13.8. The van der Waals surface area contributed by atoms with Crippen molar-refractivity contribution in [1.82, 2.24) is 15.5 Å². The average molecular weight is 259 g/mol. The fourth-order valence-corrected chi connectivity index (χ4v) is 1.97. The number of likely N-dealkylation sites (N-methyl/N-ethyl adjacent to an activating group) is 1. The molecule has 0 aliphatic rings. The highest BCUT2D eigenvalue weighted by Crippen LogP contribution is 2.18. The van der Waals surface area contributed by atoms with Crippen molar-refractivity contribution in [3.05, 3.63) is 47.1 Å². The Morgan fingerprint density at radius 2 is 2.00 bits per heavy atom. The second-order valence-corrected chi connectivity index (χ2v) is 5.02. The lowest BCUT2D eigenvalue weighted by Gasteiger charge is -2.14. The Labute approximate surface area is 114 Å². The van der Waals surface area contributed by atoms with Crippen LogP contribution in [0.1, 0.15) is 42.6 Å². The fourth-order valence-electron chi connectivity index (χ4n) is 1.97. The maximum absolute atomic E-state index is 5.36. The zero-order valence-corrected chi connectivity index (χ0v) is 12.0. The van der Waals surface area contributed by atoms with E-state index < -0.39 is 0 Å². The van der Waals surface area contributed by atoms with Crippen LogP contribution >= 0.6 is 0 Å². The van der Waals surface area contributed by atoms with Gasteiger partial charge in [-0.05, 0) is 32.0 Å². The van der Waals surface area contributed by atoms with Gasteiger partial charge in [0.05, 0.1) is 5.92 Å². The topological polar surface area (TPSA) is 51.0 Å². The molecule has 0 amide bonds. The quantitative estimate of drug-likeness (QED) is 0.897. The van der Waals surface area contributed by atoms with Gasteiger partial charge in [-0.3, -0.25) is 0 Å². The zero-order valence-electron chi connectivity index (χ0n) is 12.0. The van der Waals surface area contributed by atoms with E-state index in [0.717, 1.165) is 12.2 Å². The molecular weight excluding hydrogens is 238 g/mol. The molecule has 0 spiro atoms. The molecule has 102 valence electrons. The first-order valence-electron chi connectivity index (χ1n) is 6.66. The van der Waals surface area contributed by atoms with Crippen LogP contribution in [0.2, 0.25) is 0 Å². The number of nitrogens with one attached hydrogen (secondary N) is 1. The highest BCUT2D eigenvalue weighted by atomic mass is 16.5. The van der Waals surface area contributed by atoms with Crippen molar-refractivity contribution >= 4 is 0 Å². The highest BCUT2D eigenvalue weighted by Gasteiger charge is 2.19. The number of hydrogen-bond acceptors (Lipinski definition) is 4. The Morgan fingerprint density at radius 1 is 1.26 bits per heavy atom. The first-order chi connectivity index (χ1) is 9.11. The van der Waals surface area contributed by atoms with Crippen molar-refractivity contribution in [1.29, 1.82) is 0 Å². The molecule has 0 fully saturated rings. The van der Waals surface area contributed by atoms with Crippen molar-refractivity contribution in [2.24, 2.45) is 0 Å². The predicted octanol–water partition coefficient (Wildman–Crippen LogP) is 2.68. The van der Waals surface area contributed by atoms with Crippen LogP contribution in [0.25, 0.3) is 0 Å². The van der Waals surface area contributed by atoms with Gasteiger partial charge in [-0.25, -0.2) is 0 Å². The summed E-state index contributed by atoms with van der Waals surface area (Å²) in [5.41, 5.74) is 2.50. The van der Waals surface area contributed by atoms with E-state index in [9.17, 15) is 0 Å². The van der Waals surface area contributed by atoms with Crippen LogP contribution < -0.4 is 5.32 Å². The smallest absolute Gasteiger partial charge is 0.231 e. The van der Waals surface area contributed by atoms with Gasteiger partial charge in [0.25, 0.3) is 0 Å². The Bertz CT molecular complexity index is 536. The van der Waals surface area contributed by atoms with Crippen LogP contribution in [0.15, 0.2) is 28.8 Å². The molecule has 2 rings (SSSR count). The number of nitrogens with zero attached hydrogens (tertiary/aromatic N) is 2. The molecule has 0 saturated carbocycles. The summed E-state index contributed by atoms with van der Waals surface area (Å²) in [4.78, 5) is 4.50. The molecule has 0 radical (unpaired) electrons. The highest BCUT2D eigenvalue weighted by molar-refractivity contribution is 5.28. The van der Waals surface area contributed by atoms with Gasteiger partial charge in [-0.1, -0.05) is 36.3 Å². The van der Waals surface area contributed by atoms with E-state index in [4.69, 9.17) is 4.52 Å². The molecular formula is C15H21N3O. The van der Waals surface area contributed by atoms with E-state index >= 15 is 0 Å². The fraction of sp³-hybridized carbons (Fsp3) is 0.467. The molecule has 0 saturated heterocycles. The summed E-state index contributed by atoms with van der Waals surface area (Å²) in [6.45, 7) is 6.30. The molecule has 1 heterocycles. The first kappa shape index (κ1) is 13.7. The summed E-state index contributed by atoms with van der Waals surface area (Å²) < 4.78 is 5.36. The Hall–Kier alpha value is -1.68. The van der Waals surface area contributed by atoms with Crippen molar-refractivity contribution in [3.63, 3.8) is 0 Å². The molecule has 4 heteroatoms. The first-order valence-corrected chi connectivity index (χ1v) is 6.66. The number of aromatic nitrogens is 2. The molecule has 0 bridgehead atoms. The lowest BCUT2D eigenvalue weighted by Crippen LogP contribution is -2.27. The van der Waals surface area contributed by atoms with Crippen molar-refractivity contribution in [3.8, 4) is 0 Å². The third-order valence-electron chi connectivity index (χ3n) is 3.69. The number of benzene rings is 1. The Balaban J connectivity index is 2.12. The van der Waals surface area contributed by atoms with Crippen LogP contribution in [-0.4, -0.2) is 23.2 Å². The van der Waals surface area contributed by atoms with Gasteiger partial charge in [0.1, 0.15) is 0 Å². The average Bonchev–Trinajstić information content (AvgIpc) is 2.88. The third kappa shape index (κ3) is 3.20. The van der Waals surface area contributed by atoms with Crippen LogP contribution in [-0.2, 0) is 6.42 Å².